The molecule has 2 aliphatic heterocycles. The van der Waals surface area contributed by atoms with Gasteiger partial charge in [-0.15, -0.1) is 0 Å². The van der Waals surface area contributed by atoms with E-state index >= 15 is 0 Å². The molecule has 1 aromatic rings. The third kappa shape index (κ3) is 1.97. The second-order valence-corrected chi connectivity index (χ2v) is 4.46. The van der Waals surface area contributed by atoms with Gasteiger partial charge in [0.1, 0.15) is 12.4 Å². The molecule has 1 amide bonds. The minimum Gasteiger partial charge on any atom is -0.470 e. The molecule has 18 heavy (non-hydrogen) atoms. The molecule has 7 heteroatoms. The first-order valence-electron chi connectivity index (χ1n) is 5.92. The van der Waals surface area contributed by atoms with Gasteiger partial charge in [0.05, 0.1) is 18.8 Å². The fraction of sp³-hybridized carbons (Fsp3) is 0.545. The molecule has 1 fully saturated rings. The van der Waals surface area contributed by atoms with Crippen LogP contribution >= 0.6 is 0 Å². The van der Waals surface area contributed by atoms with Gasteiger partial charge in [-0.2, -0.15) is 0 Å². The minimum atomic E-state index is -0.902. The number of hydrogen-bond donors (Lipinski definition) is 2. The molecule has 0 atom stereocenters. The van der Waals surface area contributed by atoms with E-state index in [4.69, 9.17) is 9.84 Å². The number of ether oxygens (including phenoxy) is 1. The van der Waals surface area contributed by atoms with Crippen molar-refractivity contribution >= 4 is 6.09 Å². The van der Waals surface area contributed by atoms with Crippen molar-refractivity contribution in [3.05, 3.63) is 17.6 Å². The summed E-state index contributed by atoms with van der Waals surface area (Å²) in [6.07, 6.45) is 1.39. The first kappa shape index (κ1) is 11.2. The molecule has 3 rings (SSSR count). The predicted molar refractivity (Wildman–Crippen MR) is 61.5 cm³/mol. The van der Waals surface area contributed by atoms with Crippen LogP contribution in [0.4, 0.5) is 4.79 Å². The zero-order chi connectivity index (χ0) is 12.5. The molecule has 1 aromatic heterocycles. The molecule has 0 aliphatic carbocycles. The SMILES string of the molecule is O=C(O)N1CC(Oc2ncnc3c2CNCC3)C1. The van der Waals surface area contributed by atoms with Crippen molar-refractivity contribution < 1.29 is 14.6 Å². The van der Waals surface area contributed by atoms with Gasteiger partial charge in [0.25, 0.3) is 0 Å². The zero-order valence-corrected chi connectivity index (χ0v) is 9.80. The van der Waals surface area contributed by atoms with Crippen molar-refractivity contribution in [3.63, 3.8) is 0 Å². The summed E-state index contributed by atoms with van der Waals surface area (Å²) in [5.41, 5.74) is 2.02. The third-order valence-corrected chi connectivity index (χ3v) is 3.23. The number of rotatable bonds is 2. The quantitative estimate of drug-likeness (QED) is 0.760. The summed E-state index contributed by atoms with van der Waals surface area (Å²) in [5.74, 6) is 0.585. The topological polar surface area (TPSA) is 87.6 Å². The zero-order valence-electron chi connectivity index (χ0n) is 9.80. The Morgan fingerprint density at radius 1 is 1.50 bits per heavy atom. The van der Waals surface area contributed by atoms with E-state index in [2.05, 4.69) is 15.3 Å². The summed E-state index contributed by atoms with van der Waals surface area (Å²) in [6, 6.07) is 0. The lowest BCUT2D eigenvalue weighted by atomic mass is 10.1. The molecule has 0 saturated carbocycles. The maximum Gasteiger partial charge on any atom is 0.407 e. The summed E-state index contributed by atoms with van der Waals surface area (Å²) in [6.45, 7) is 2.43. The van der Waals surface area contributed by atoms with Gasteiger partial charge in [0.15, 0.2) is 0 Å². The highest BCUT2D eigenvalue weighted by molar-refractivity contribution is 5.66. The highest BCUT2D eigenvalue weighted by atomic mass is 16.5. The van der Waals surface area contributed by atoms with Gasteiger partial charge in [-0.1, -0.05) is 0 Å². The molecule has 0 aromatic carbocycles. The van der Waals surface area contributed by atoms with Crippen LogP contribution in [-0.2, 0) is 13.0 Å². The first-order chi connectivity index (χ1) is 8.74. The van der Waals surface area contributed by atoms with Crippen molar-refractivity contribution in [1.82, 2.24) is 20.2 Å². The van der Waals surface area contributed by atoms with Crippen LogP contribution in [0.5, 0.6) is 5.88 Å². The number of fused-ring (bicyclic) bond motifs is 1. The standard InChI is InChI=1S/C11H14N4O3/c16-11(17)15-4-7(5-15)18-10-8-3-12-2-1-9(8)13-6-14-10/h6-7,12H,1-5H2,(H,16,17). The molecule has 7 nitrogen and oxygen atoms in total. The predicted octanol–water partition coefficient (Wildman–Crippen LogP) is -0.137. The Bertz CT molecular complexity index is 473. The highest BCUT2D eigenvalue weighted by Gasteiger charge is 2.33. The smallest absolute Gasteiger partial charge is 0.407 e. The molecule has 0 bridgehead atoms. The van der Waals surface area contributed by atoms with E-state index in [0.29, 0.717) is 25.5 Å². The van der Waals surface area contributed by atoms with E-state index in [9.17, 15) is 4.79 Å². The Morgan fingerprint density at radius 3 is 3.11 bits per heavy atom. The average molecular weight is 250 g/mol. The number of carbonyl (C=O) groups is 1. The molecule has 0 radical (unpaired) electrons. The van der Waals surface area contributed by atoms with Crippen LogP contribution in [0.1, 0.15) is 11.3 Å². The second-order valence-electron chi connectivity index (χ2n) is 4.46. The Balaban J connectivity index is 1.69. The Morgan fingerprint density at radius 2 is 2.33 bits per heavy atom. The van der Waals surface area contributed by atoms with E-state index in [-0.39, 0.29) is 6.10 Å². The van der Waals surface area contributed by atoms with Crippen LogP contribution in [0.25, 0.3) is 0 Å². The number of carboxylic acid groups (broad SMARTS) is 1. The summed E-state index contributed by atoms with van der Waals surface area (Å²) < 4.78 is 5.73. The lowest BCUT2D eigenvalue weighted by molar-refractivity contribution is 0.0219. The molecular formula is C11H14N4O3. The van der Waals surface area contributed by atoms with Crippen LogP contribution in [-0.4, -0.2) is 51.8 Å². The van der Waals surface area contributed by atoms with Crippen LogP contribution in [0.2, 0.25) is 0 Å². The molecule has 2 N–H and O–H groups in total. The van der Waals surface area contributed by atoms with Gasteiger partial charge in [-0.25, -0.2) is 14.8 Å². The third-order valence-electron chi connectivity index (χ3n) is 3.23. The van der Waals surface area contributed by atoms with Crippen LogP contribution in [0.15, 0.2) is 6.33 Å². The maximum absolute atomic E-state index is 10.6. The highest BCUT2D eigenvalue weighted by Crippen LogP contribution is 2.23. The molecule has 3 heterocycles. The normalized spacial score (nSPS) is 19.0. The van der Waals surface area contributed by atoms with Crippen molar-refractivity contribution in [3.8, 4) is 5.88 Å². The molecule has 2 aliphatic rings. The Kier molecular flexibility index (Phi) is 2.75. The first-order valence-corrected chi connectivity index (χ1v) is 5.92. The number of nitrogens with zero attached hydrogens (tertiary/aromatic N) is 3. The summed E-state index contributed by atoms with van der Waals surface area (Å²) in [4.78, 5) is 20.3. The van der Waals surface area contributed by atoms with E-state index in [1.807, 2.05) is 0 Å². The van der Waals surface area contributed by atoms with Crippen molar-refractivity contribution in [1.29, 1.82) is 0 Å². The monoisotopic (exact) mass is 250 g/mol. The van der Waals surface area contributed by atoms with Gasteiger partial charge in [0, 0.05) is 25.1 Å². The number of hydrogen-bond acceptors (Lipinski definition) is 5. The molecule has 96 valence electrons. The Hall–Kier alpha value is -1.89. The lowest BCUT2D eigenvalue weighted by Gasteiger charge is -2.36. The van der Waals surface area contributed by atoms with E-state index in [1.165, 1.54) is 11.2 Å². The van der Waals surface area contributed by atoms with E-state index in [0.717, 1.165) is 24.2 Å². The maximum atomic E-state index is 10.6. The van der Waals surface area contributed by atoms with Crippen molar-refractivity contribution in [2.75, 3.05) is 19.6 Å². The molecule has 1 saturated heterocycles. The largest absolute Gasteiger partial charge is 0.470 e. The second kappa shape index (κ2) is 4.41. The van der Waals surface area contributed by atoms with Crippen molar-refractivity contribution in [2.24, 2.45) is 0 Å². The number of likely N-dealkylation sites (tertiary alicyclic amines) is 1. The van der Waals surface area contributed by atoms with E-state index in [1.54, 1.807) is 0 Å². The van der Waals surface area contributed by atoms with Crippen LogP contribution < -0.4 is 10.1 Å². The summed E-state index contributed by atoms with van der Waals surface area (Å²) >= 11 is 0. The molecule has 0 unspecified atom stereocenters. The Labute approximate surface area is 104 Å². The van der Waals surface area contributed by atoms with Crippen LogP contribution in [0.3, 0.4) is 0 Å². The number of amides is 1. The fourth-order valence-electron chi connectivity index (χ4n) is 2.17. The molecular weight excluding hydrogens is 236 g/mol. The van der Waals surface area contributed by atoms with Gasteiger partial charge in [-0.3, -0.25) is 0 Å². The number of nitrogens with one attached hydrogen (secondary N) is 1. The van der Waals surface area contributed by atoms with Crippen LogP contribution in [0, 0.1) is 0 Å². The van der Waals surface area contributed by atoms with Gasteiger partial charge < -0.3 is 20.1 Å². The van der Waals surface area contributed by atoms with E-state index < -0.39 is 6.09 Å². The molecule has 0 spiro atoms. The number of aromatic nitrogens is 2. The average Bonchev–Trinajstić information content (AvgIpc) is 2.33. The minimum absolute atomic E-state index is 0.0953. The fourth-order valence-corrected chi connectivity index (χ4v) is 2.17. The van der Waals surface area contributed by atoms with Gasteiger partial charge >= 0.3 is 6.09 Å². The van der Waals surface area contributed by atoms with Crippen molar-refractivity contribution in [2.45, 2.75) is 19.1 Å². The van der Waals surface area contributed by atoms with Gasteiger partial charge in [0.2, 0.25) is 5.88 Å². The van der Waals surface area contributed by atoms with Gasteiger partial charge in [-0.05, 0) is 0 Å². The lowest BCUT2D eigenvalue weighted by Crippen LogP contribution is -2.55. The summed E-state index contributed by atoms with van der Waals surface area (Å²) in [7, 11) is 0. The summed E-state index contributed by atoms with van der Waals surface area (Å²) in [5, 5.41) is 12.0.